The molecular formula is C24H28N2O8. The summed E-state index contributed by atoms with van der Waals surface area (Å²) < 4.78 is 5.33. The van der Waals surface area contributed by atoms with Gasteiger partial charge in [-0.05, 0) is 24.5 Å². The minimum Gasteiger partial charge on any atom is -0.507 e. The van der Waals surface area contributed by atoms with Crippen LogP contribution in [0.1, 0.15) is 36.3 Å². The molecular weight excluding hydrogens is 444 g/mol. The van der Waals surface area contributed by atoms with Gasteiger partial charge in [-0.3, -0.25) is 19.3 Å². The zero-order chi connectivity index (χ0) is 24.2. The highest BCUT2D eigenvalue weighted by molar-refractivity contribution is 6.21. The van der Waals surface area contributed by atoms with E-state index in [1.165, 1.54) is 6.07 Å². The van der Waals surface area contributed by atoms with Gasteiger partial charge in [0.25, 0.3) is 0 Å². The van der Waals surface area contributed by atoms with Crippen LogP contribution in [-0.4, -0.2) is 87.5 Å². The number of phenols is 1. The number of nitrogens with one attached hydrogen (secondary N) is 1. The molecule has 3 fully saturated rings. The van der Waals surface area contributed by atoms with Gasteiger partial charge in [0.15, 0.2) is 11.4 Å². The third-order valence-corrected chi connectivity index (χ3v) is 7.66. The van der Waals surface area contributed by atoms with Crippen molar-refractivity contribution in [2.75, 3.05) is 33.0 Å². The summed E-state index contributed by atoms with van der Waals surface area (Å²) in [6.45, 7) is 2.70. The molecule has 1 amide bonds. The quantitative estimate of drug-likeness (QED) is 0.377. The van der Waals surface area contributed by atoms with E-state index in [4.69, 9.17) is 4.74 Å². The molecule has 1 aliphatic heterocycles. The van der Waals surface area contributed by atoms with Crippen molar-refractivity contribution in [2.45, 2.75) is 36.9 Å². The van der Waals surface area contributed by atoms with E-state index in [0.29, 0.717) is 31.9 Å². The number of ketones is 2. The fourth-order valence-corrected chi connectivity index (χ4v) is 5.95. The molecule has 0 bridgehead atoms. The number of carbonyl (C=O) groups excluding carboxylic acids is 3. The summed E-state index contributed by atoms with van der Waals surface area (Å²) in [5.74, 6) is -5.61. The van der Waals surface area contributed by atoms with Crippen LogP contribution in [0, 0.1) is 11.8 Å². The van der Waals surface area contributed by atoms with Crippen LogP contribution in [0.2, 0.25) is 0 Å². The van der Waals surface area contributed by atoms with Gasteiger partial charge >= 0.3 is 0 Å². The second-order valence-corrected chi connectivity index (χ2v) is 9.56. The number of hydrogen-bond donors (Lipinski definition) is 5. The first-order chi connectivity index (χ1) is 16.2. The summed E-state index contributed by atoms with van der Waals surface area (Å²) in [4.78, 5) is 41.7. The molecule has 0 aromatic heterocycles. The van der Waals surface area contributed by atoms with Crippen LogP contribution in [0.3, 0.4) is 0 Å². The molecule has 0 radical (unpaired) electrons. The highest BCUT2D eigenvalue weighted by atomic mass is 16.5. The lowest BCUT2D eigenvalue weighted by molar-refractivity contribution is -0.167. The van der Waals surface area contributed by atoms with Crippen LogP contribution >= 0.6 is 0 Å². The summed E-state index contributed by atoms with van der Waals surface area (Å²) in [7, 11) is 0. The first-order valence-electron chi connectivity index (χ1n) is 11.5. The highest BCUT2D eigenvalue weighted by Gasteiger charge is 2.62. The Morgan fingerprint density at radius 2 is 1.91 bits per heavy atom. The number of Topliss-reactive ketones (excluding diaryl/α,β-unsaturated/α-hetero) is 2. The second-order valence-electron chi connectivity index (χ2n) is 9.56. The minimum absolute atomic E-state index is 0.0353. The monoisotopic (exact) mass is 472 g/mol. The minimum atomic E-state index is -2.37. The number of benzene rings is 1. The average Bonchev–Trinajstić information content (AvgIpc) is 2.80. The largest absolute Gasteiger partial charge is 0.507 e. The van der Waals surface area contributed by atoms with Crippen LogP contribution in [0.15, 0.2) is 23.8 Å². The van der Waals surface area contributed by atoms with Crippen molar-refractivity contribution < 1.29 is 39.5 Å². The first-order valence-corrected chi connectivity index (χ1v) is 11.5. The first kappa shape index (κ1) is 23.0. The number of phenolic OH excluding ortho intramolecular Hbond substituents is 1. The molecule has 1 heterocycles. The number of aliphatic hydroxyl groups excluding tert-OH is 2. The Bertz CT molecular complexity index is 1080. The third-order valence-electron chi connectivity index (χ3n) is 7.66. The Morgan fingerprint density at radius 1 is 1.18 bits per heavy atom. The number of ether oxygens (including phenoxy) is 1. The number of rotatable bonds is 3. The van der Waals surface area contributed by atoms with Gasteiger partial charge in [-0.1, -0.05) is 12.1 Å². The predicted octanol–water partition coefficient (Wildman–Crippen LogP) is -0.175. The maximum atomic E-state index is 13.5. The number of aliphatic hydroxyl groups is 3. The molecule has 10 nitrogen and oxygen atoms in total. The maximum absolute atomic E-state index is 13.5. The van der Waals surface area contributed by atoms with E-state index in [1.54, 1.807) is 12.1 Å². The summed E-state index contributed by atoms with van der Waals surface area (Å²) in [5.41, 5.74) is -2.26. The van der Waals surface area contributed by atoms with Crippen molar-refractivity contribution >= 4 is 23.2 Å². The summed E-state index contributed by atoms with van der Waals surface area (Å²) in [6, 6.07) is 4.52. The number of nitrogens with zero attached hydrogens (tertiary/aromatic N) is 1. The van der Waals surface area contributed by atoms with Crippen LogP contribution in [-0.2, 0) is 19.1 Å². The van der Waals surface area contributed by atoms with Crippen molar-refractivity contribution in [2.24, 2.45) is 11.8 Å². The molecule has 5 atom stereocenters. The Labute approximate surface area is 195 Å². The molecule has 1 aromatic rings. The number of amides is 1. The van der Waals surface area contributed by atoms with Gasteiger partial charge in [0.05, 0.1) is 37.5 Å². The molecule has 4 aliphatic rings. The normalized spacial score (nSPS) is 33.7. The highest BCUT2D eigenvalue weighted by Crippen LogP contribution is 2.54. The number of morpholine rings is 1. The van der Waals surface area contributed by atoms with Crippen molar-refractivity contribution in [3.05, 3.63) is 34.9 Å². The Kier molecular flexibility index (Phi) is 5.71. The van der Waals surface area contributed by atoms with Crippen molar-refractivity contribution in [3.63, 3.8) is 0 Å². The van der Waals surface area contributed by atoms with Gasteiger partial charge in [-0.2, -0.15) is 0 Å². The van der Waals surface area contributed by atoms with E-state index in [0.717, 1.165) is 0 Å². The molecule has 3 aliphatic carbocycles. The Hall–Kier alpha value is -2.79. The average molecular weight is 472 g/mol. The van der Waals surface area contributed by atoms with Gasteiger partial charge < -0.3 is 30.5 Å². The summed E-state index contributed by atoms with van der Waals surface area (Å²) >= 11 is 0. The van der Waals surface area contributed by atoms with Crippen molar-refractivity contribution in [1.82, 2.24) is 10.2 Å². The van der Waals surface area contributed by atoms with E-state index < -0.39 is 52.7 Å². The predicted molar refractivity (Wildman–Crippen MR) is 118 cm³/mol. The van der Waals surface area contributed by atoms with Gasteiger partial charge in [0, 0.05) is 36.9 Å². The maximum Gasteiger partial charge on any atom is 0.229 e. The molecule has 5 rings (SSSR count). The molecule has 1 aromatic carbocycles. The fraction of sp³-hybridized carbons (Fsp3) is 0.542. The molecule has 10 heteroatoms. The van der Waals surface area contributed by atoms with Crippen LogP contribution < -0.4 is 5.32 Å². The van der Waals surface area contributed by atoms with E-state index in [2.05, 4.69) is 5.32 Å². The van der Waals surface area contributed by atoms with E-state index in [-0.39, 0.29) is 42.8 Å². The molecule has 5 N–H and O–H groups in total. The number of fused-ring (bicyclic) bond motifs is 3. The Morgan fingerprint density at radius 3 is 2.65 bits per heavy atom. The molecule has 0 spiro atoms. The zero-order valence-corrected chi connectivity index (χ0v) is 18.6. The smallest absolute Gasteiger partial charge is 0.229 e. The topological polar surface area (TPSA) is 157 Å². The zero-order valence-electron chi connectivity index (χ0n) is 18.6. The third kappa shape index (κ3) is 3.44. The van der Waals surface area contributed by atoms with E-state index in [1.807, 2.05) is 4.90 Å². The molecule has 5 unspecified atom stereocenters. The molecule has 182 valence electrons. The molecule has 34 heavy (non-hydrogen) atoms. The van der Waals surface area contributed by atoms with Gasteiger partial charge in [-0.15, -0.1) is 0 Å². The van der Waals surface area contributed by atoms with Gasteiger partial charge in [-0.25, -0.2) is 0 Å². The molecule has 1 saturated heterocycles. The van der Waals surface area contributed by atoms with Gasteiger partial charge in [0.1, 0.15) is 11.5 Å². The van der Waals surface area contributed by atoms with Crippen molar-refractivity contribution in [1.29, 1.82) is 0 Å². The van der Waals surface area contributed by atoms with E-state index >= 15 is 0 Å². The van der Waals surface area contributed by atoms with Crippen LogP contribution in [0.25, 0.3) is 5.76 Å². The summed E-state index contributed by atoms with van der Waals surface area (Å²) in [5, 5.41) is 45.8. The standard InChI is InChI=1S/C24H28N2O8/c27-13-8-12-9-15-18(23(32)25-11-26-4-6-34-7-5-26)14-2-1-3-16(28)19(14)21(30)20(15)22(31)24(12,33)17(29)10-13/h1-3,12-13,15,18,27-28,30,33H,4-11H2,(H,25,32). The molecule has 2 saturated carbocycles. The second kappa shape index (κ2) is 8.46. The van der Waals surface area contributed by atoms with Gasteiger partial charge in [0.2, 0.25) is 11.7 Å². The van der Waals surface area contributed by atoms with Crippen LogP contribution in [0.4, 0.5) is 0 Å². The SMILES string of the molecule is O=C(NCN1CCOCC1)C1c2cccc(O)c2C(O)=C2C(=O)C3(O)C(=O)CC(O)CC3CC21. The Balaban J connectivity index is 1.55. The lowest BCUT2D eigenvalue weighted by Gasteiger charge is -2.48. The lowest BCUT2D eigenvalue weighted by Crippen LogP contribution is -2.62. The van der Waals surface area contributed by atoms with E-state index in [9.17, 15) is 34.8 Å². The number of aromatic hydroxyl groups is 1. The summed E-state index contributed by atoms with van der Waals surface area (Å²) in [6.07, 6.45) is -1.26. The lowest BCUT2D eigenvalue weighted by atomic mass is 9.56. The fourth-order valence-electron chi connectivity index (χ4n) is 5.95. The van der Waals surface area contributed by atoms with Crippen LogP contribution in [0.5, 0.6) is 5.75 Å². The number of carbonyl (C=O) groups is 3. The van der Waals surface area contributed by atoms with Crippen molar-refractivity contribution in [3.8, 4) is 5.75 Å². The number of hydrogen-bond acceptors (Lipinski definition) is 9.